The number of pyridine rings is 2. The number of fused-ring (bicyclic) bond motifs is 1. The van der Waals surface area contributed by atoms with Gasteiger partial charge < -0.3 is 15.0 Å². The van der Waals surface area contributed by atoms with Gasteiger partial charge in [0.1, 0.15) is 17.6 Å². The Bertz CT molecular complexity index is 1570. The van der Waals surface area contributed by atoms with Crippen molar-refractivity contribution < 1.29 is 22.8 Å². The van der Waals surface area contributed by atoms with Gasteiger partial charge in [-0.05, 0) is 44.4 Å². The van der Waals surface area contributed by atoms with Gasteiger partial charge in [0.25, 0.3) is 11.2 Å². The third-order valence-corrected chi connectivity index (χ3v) is 7.33. The van der Waals surface area contributed by atoms with Crippen molar-refractivity contribution in [2.24, 2.45) is 0 Å². The lowest BCUT2D eigenvalue weighted by atomic mass is 10.0. The molecule has 1 N–H and O–H groups in total. The first-order chi connectivity index (χ1) is 18.4. The minimum absolute atomic E-state index is 0.0340. The number of nitrogens with one attached hydrogen (secondary N) is 1. The van der Waals surface area contributed by atoms with E-state index in [0.717, 1.165) is 25.0 Å². The highest BCUT2D eigenvalue weighted by Gasteiger charge is 2.42. The van der Waals surface area contributed by atoms with Gasteiger partial charge in [0.2, 0.25) is 0 Å². The van der Waals surface area contributed by atoms with Gasteiger partial charge in [-0.1, -0.05) is 0 Å². The number of non-ortho nitro benzene ring substituents is 1. The molecule has 2 fully saturated rings. The van der Waals surface area contributed by atoms with E-state index in [1.807, 2.05) is 11.8 Å². The van der Waals surface area contributed by atoms with Crippen molar-refractivity contribution in [2.75, 3.05) is 36.5 Å². The van der Waals surface area contributed by atoms with Crippen LogP contribution in [0.1, 0.15) is 49.4 Å². The SMILES string of the molecule is C[C@@H](Nc1ncc(C#N)c2c1cc(N1CCOCC1)c(=O)n2C1(C)CC1)c1cc([N+](=O)[O-])cc(C(F)(F)F)c1. The molecule has 0 amide bonds. The minimum Gasteiger partial charge on any atom is -0.378 e. The lowest BCUT2D eigenvalue weighted by Crippen LogP contribution is -2.41. The first kappa shape index (κ1) is 26.4. The number of alkyl halides is 3. The van der Waals surface area contributed by atoms with Crippen molar-refractivity contribution in [3.63, 3.8) is 0 Å². The summed E-state index contributed by atoms with van der Waals surface area (Å²) in [6, 6.07) is 5.37. The Labute approximate surface area is 220 Å². The van der Waals surface area contributed by atoms with Gasteiger partial charge in [-0.25, -0.2) is 4.98 Å². The van der Waals surface area contributed by atoms with Crippen LogP contribution in [0.3, 0.4) is 0 Å². The number of anilines is 2. The predicted octanol–water partition coefficient (Wildman–Crippen LogP) is 4.71. The molecule has 2 aromatic heterocycles. The number of hydrogen-bond acceptors (Lipinski definition) is 8. The van der Waals surface area contributed by atoms with Crippen LogP contribution >= 0.6 is 0 Å². The van der Waals surface area contributed by atoms with Crippen molar-refractivity contribution in [1.29, 1.82) is 5.26 Å². The average Bonchev–Trinajstić information content (AvgIpc) is 3.65. The van der Waals surface area contributed by atoms with Crippen LogP contribution in [0.25, 0.3) is 10.9 Å². The van der Waals surface area contributed by atoms with Gasteiger partial charge in [0.05, 0.1) is 40.8 Å². The van der Waals surface area contributed by atoms with Gasteiger partial charge >= 0.3 is 6.18 Å². The second-order valence-corrected chi connectivity index (χ2v) is 10.1. The molecule has 1 saturated carbocycles. The standard InChI is InChI=1S/C26H25F3N6O4/c1-15(16-9-18(26(27,28)29)11-19(10-16)35(37)38)32-23-20-12-21(33-5-7-39-8-6-33)24(36)34(25(2)3-4-25)22(20)17(13-30)14-31-23/h9-12,14-15H,3-8H2,1-2H3,(H,31,32)/t15-/m1/s1. The van der Waals surface area contributed by atoms with E-state index in [1.54, 1.807) is 17.6 Å². The van der Waals surface area contributed by atoms with Crippen LogP contribution in [0.2, 0.25) is 0 Å². The molecule has 2 aliphatic rings. The summed E-state index contributed by atoms with van der Waals surface area (Å²) in [7, 11) is 0. The Hall–Kier alpha value is -4.18. The molecular weight excluding hydrogens is 517 g/mol. The van der Waals surface area contributed by atoms with Gasteiger partial charge in [-0.15, -0.1) is 0 Å². The highest BCUT2D eigenvalue weighted by Crippen LogP contribution is 2.45. The van der Waals surface area contributed by atoms with E-state index in [-0.39, 0.29) is 22.5 Å². The summed E-state index contributed by atoms with van der Waals surface area (Å²) in [6.07, 6.45) is -1.96. The number of benzene rings is 1. The first-order valence-electron chi connectivity index (χ1n) is 12.4. The number of nitro benzene ring substituents is 1. The summed E-state index contributed by atoms with van der Waals surface area (Å²) < 4.78 is 47.5. The van der Waals surface area contributed by atoms with Crippen molar-refractivity contribution in [3.05, 3.63) is 67.6 Å². The highest BCUT2D eigenvalue weighted by atomic mass is 19.4. The maximum Gasteiger partial charge on any atom is 0.416 e. The molecule has 3 aromatic rings. The summed E-state index contributed by atoms with van der Waals surface area (Å²) in [4.78, 5) is 30.6. The molecule has 1 aliphatic heterocycles. The molecule has 39 heavy (non-hydrogen) atoms. The van der Waals surface area contributed by atoms with Gasteiger partial charge in [0.15, 0.2) is 0 Å². The van der Waals surface area contributed by atoms with Crippen LogP contribution in [0.5, 0.6) is 0 Å². The molecule has 13 heteroatoms. The normalized spacial score (nSPS) is 17.5. The second-order valence-electron chi connectivity index (χ2n) is 10.1. The number of hydrogen-bond donors (Lipinski definition) is 1. The zero-order valence-corrected chi connectivity index (χ0v) is 21.2. The van der Waals surface area contributed by atoms with Gasteiger partial charge in [-0.2, -0.15) is 18.4 Å². The van der Waals surface area contributed by atoms with Crippen LogP contribution < -0.4 is 15.8 Å². The topological polar surface area (TPSA) is 126 Å². The number of morpholine rings is 1. The molecule has 0 bridgehead atoms. The number of nitrogens with zero attached hydrogens (tertiary/aromatic N) is 5. The summed E-state index contributed by atoms with van der Waals surface area (Å²) in [5, 5.41) is 24.7. The predicted molar refractivity (Wildman–Crippen MR) is 137 cm³/mol. The van der Waals surface area contributed by atoms with E-state index in [2.05, 4.69) is 16.4 Å². The summed E-state index contributed by atoms with van der Waals surface area (Å²) >= 11 is 0. The summed E-state index contributed by atoms with van der Waals surface area (Å²) in [5.41, 5.74) is -1.52. The van der Waals surface area contributed by atoms with Crippen LogP contribution in [-0.4, -0.2) is 40.8 Å². The fraction of sp³-hybridized carbons (Fsp3) is 0.423. The van der Waals surface area contributed by atoms with Crippen LogP contribution in [0.4, 0.5) is 30.4 Å². The van der Waals surface area contributed by atoms with Crippen LogP contribution in [-0.2, 0) is 16.5 Å². The van der Waals surface area contributed by atoms with E-state index >= 15 is 0 Å². The minimum atomic E-state index is -4.78. The summed E-state index contributed by atoms with van der Waals surface area (Å²) in [5.74, 6) is 0.240. The molecular formula is C26H25F3N6O4. The average molecular weight is 543 g/mol. The maximum absolute atomic E-state index is 13.8. The lowest BCUT2D eigenvalue weighted by molar-refractivity contribution is -0.385. The number of aromatic nitrogens is 2. The fourth-order valence-corrected chi connectivity index (χ4v) is 4.90. The Morgan fingerprint density at radius 2 is 1.92 bits per heavy atom. The second kappa shape index (κ2) is 9.53. The molecule has 1 atom stereocenters. The van der Waals surface area contributed by atoms with Crippen molar-refractivity contribution in [3.8, 4) is 6.07 Å². The van der Waals surface area contributed by atoms with Gasteiger partial charge in [-0.3, -0.25) is 19.5 Å². The van der Waals surface area contributed by atoms with E-state index in [4.69, 9.17) is 4.74 Å². The molecule has 1 aliphatic carbocycles. The van der Waals surface area contributed by atoms with Crippen LogP contribution in [0, 0.1) is 21.4 Å². The summed E-state index contributed by atoms with van der Waals surface area (Å²) in [6.45, 7) is 5.39. The number of rotatable bonds is 6. The molecule has 0 radical (unpaired) electrons. The van der Waals surface area contributed by atoms with Crippen LogP contribution in [0.15, 0.2) is 35.3 Å². The molecule has 10 nitrogen and oxygen atoms in total. The van der Waals surface area contributed by atoms with E-state index in [9.17, 15) is 33.3 Å². The molecule has 0 unspecified atom stereocenters. The number of halogens is 3. The van der Waals surface area contributed by atoms with E-state index < -0.39 is 33.9 Å². The highest BCUT2D eigenvalue weighted by molar-refractivity contribution is 5.95. The monoisotopic (exact) mass is 542 g/mol. The molecule has 0 spiro atoms. The Kier molecular flexibility index (Phi) is 6.46. The largest absolute Gasteiger partial charge is 0.416 e. The van der Waals surface area contributed by atoms with E-state index in [0.29, 0.717) is 49.0 Å². The third-order valence-electron chi connectivity index (χ3n) is 7.33. The van der Waals surface area contributed by atoms with E-state index in [1.165, 1.54) is 6.20 Å². The molecule has 204 valence electrons. The molecule has 1 aromatic carbocycles. The quantitative estimate of drug-likeness (QED) is 0.351. The maximum atomic E-state index is 13.8. The van der Waals surface area contributed by atoms with Crippen molar-refractivity contribution in [2.45, 2.75) is 44.4 Å². The van der Waals surface area contributed by atoms with Crippen molar-refractivity contribution >= 4 is 28.1 Å². The number of nitro groups is 1. The first-order valence-corrected chi connectivity index (χ1v) is 12.4. The Balaban J connectivity index is 1.67. The Morgan fingerprint density at radius 3 is 2.51 bits per heavy atom. The van der Waals surface area contributed by atoms with Gasteiger partial charge in [0, 0.05) is 42.3 Å². The fourth-order valence-electron chi connectivity index (χ4n) is 4.90. The Morgan fingerprint density at radius 1 is 1.23 bits per heavy atom. The number of nitriles is 1. The zero-order valence-electron chi connectivity index (χ0n) is 21.2. The third kappa shape index (κ3) is 4.87. The zero-order chi connectivity index (χ0) is 28.1. The number of ether oxygens (including phenoxy) is 1. The molecule has 5 rings (SSSR count). The molecule has 3 heterocycles. The van der Waals surface area contributed by atoms with Crippen molar-refractivity contribution in [1.82, 2.24) is 9.55 Å². The smallest absolute Gasteiger partial charge is 0.378 e. The lowest BCUT2D eigenvalue weighted by Gasteiger charge is -2.30. The molecule has 1 saturated heterocycles.